The van der Waals surface area contributed by atoms with Gasteiger partial charge in [-0.25, -0.2) is 0 Å². The van der Waals surface area contributed by atoms with Crippen LogP contribution in [0.15, 0.2) is 42.5 Å². The van der Waals surface area contributed by atoms with E-state index in [1.807, 2.05) is 25.1 Å². The predicted octanol–water partition coefficient (Wildman–Crippen LogP) is 2.68. The van der Waals surface area contributed by atoms with Crippen LogP contribution in [0, 0.1) is 5.92 Å². The van der Waals surface area contributed by atoms with E-state index in [0.29, 0.717) is 24.0 Å². The average molecular weight is 261 g/mol. The van der Waals surface area contributed by atoms with E-state index in [1.165, 1.54) is 10.8 Å². The maximum Gasteiger partial charge on any atom is 0.0491 e. The highest BCUT2D eigenvalue weighted by atomic mass is 32.2. The molecular formula is C15H19NOS. The Morgan fingerprint density at radius 2 is 1.89 bits per heavy atom. The molecule has 0 spiro atoms. The molecule has 0 saturated heterocycles. The lowest BCUT2D eigenvalue weighted by Gasteiger charge is -2.09. The van der Waals surface area contributed by atoms with Gasteiger partial charge in [0, 0.05) is 22.3 Å². The molecule has 2 nitrogen and oxygen atoms in total. The highest BCUT2D eigenvalue weighted by molar-refractivity contribution is 7.84. The van der Waals surface area contributed by atoms with Crippen molar-refractivity contribution in [2.45, 2.75) is 12.7 Å². The topological polar surface area (TPSA) is 43.1 Å². The van der Waals surface area contributed by atoms with Gasteiger partial charge in [-0.3, -0.25) is 4.21 Å². The Bertz CT molecular complexity index is 548. The highest BCUT2D eigenvalue weighted by Gasteiger charge is 2.08. The third kappa shape index (κ3) is 3.18. The summed E-state index contributed by atoms with van der Waals surface area (Å²) in [6.07, 6.45) is 0. The van der Waals surface area contributed by atoms with Gasteiger partial charge in [-0.2, -0.15) is 0 Å². The number of fused-ring (bicyclic) bond motifs is 1. The second kappa shape index (κ2) is 6.12. The van der Waals surface area contributed by atoms with Crippen molar-refractivity contribution in [2.24, 2.45) is 11.7 Å². The molecule has 96 valence electrons. The normalized spacial score (nSPS) is 14.6. The summed E-state index contributed by atoms with van der Waals surface area (Å²) in [6.45, 7) is 2.64. The summed E-state index contributed by atoms with van der Waals surface area (Å²) in [7, 11) is -0.837. The summed E-state index contributed by atoms with van der Waals surface area (Å²) in [5, 5.41) is 2.41. The van der Waals surface area contributed by atoms with Crippen molar-refractivity contribution in [3.8, 4) is 0 Å². The van der Waals surface area contributed by atoms with Gasteiger partial charge >= 0.3 is 0 Å². The second-order valence-electron chi connectivity index (χ2n) is 4.73. The van der Waals surface area contributed by atoms with Crippen LogP contribution in [0.25, 0.3) is 10.8 Å². The van der Waals surface area contributed by atoms with Crippen LogP contribution in [-0.2, 0) is 16.6 Å². The largest absolute Gasteiger partial charge is 0.330 e. The van der Waals surface area contributed by atoms with Crippen LogP contribution < -0.4 is 5.73 Å². The molecule has 2 N–H and O–H groups in total. The van der Waals surface area contributed by atoms with Crippen LogP contribution in [0.2, 0.25) is 0 Å². The molecule has 0 aliphatic rings. The lowest BCUT2D eigenvalue weighted by molar-refractivity contribution is 0.640. The molecule has 0 radical (unpaired) electrons. The molecule has 0 bridgehead atoms. The van der Waals surface area contributed by atoms with Gasteiger partial charge in [-0.1, -0.05) is 49.4 Å². The highest BCUT2D eigenvalue weighted by Crippen LogP contribution is 2.20. The van der Waals surface area contributed by atoms with Gasteiger partial charge < -0.3 is 5.73 Å². The first-order valence-corrected chi connectivity index (χ1v) is 7.71. The summed E-state index contributed by atoms with van der Waals surface area (Å²) in [6, 6.07) is 14.4. The van der Waals surface area contributed by atoms with Gasteiger partial charge in [0.25, 0.3) is 0 Å². The number of hydrogen-bond donors (Lipinski definition) is 1. The third-order valence-electron chi connectivity index (χ3n) is 3.07. The minimum Gasteiger partial charge on any atom is -0.330 e. The first-order valence-electron chi connectivity index (χ1n) is 6.22. The summed E-state index contributed by atoms with van der Waals surface area (Å²) in [5.41, 5.74) is 6.73. The molecule has 2 unspecified atom stereocenters. The molecular weight excluding hydrogens is 242 g/mol. The molecule has 0 saturated carbocycles. The maximum absolute atomic E-state index is 12.1. The van der Waals surface area contributed by atoms with Crippen LogP contribution in [0.5, 0.6) is 0 Å². The van der Waals surface area contributed by atoms with Gasteiger partial charge in [0.1, 0.15) is 0 Å². The monoisotopic (exact) mass is 261 g/mol. The van der Waals surface area contributed by atoms with Crippen LogP contribution >= 0.6 is 0 Å². The second-order valence-corrected chi connectivity index (χ2v) is 6.23. The molecule has 3 heteroatoms. The molecule has 18 heavy (non-hydrogen) atoms. The zero-order valence-electron chi connectivity index (χ0n) is 10.6. The van der Waals surface area contributed by atoms with E-state index in [9.17, 15) is 4.21 Å². The number of benzene rings is 2. The molecule has 2 atom stereocenters. The molecule has 0 aliphatic carbocycles. The minimum absolute atomic E-state index is 0.320. The average Bonchev–Trinajstić information content (AvgIpc) is 2.39. The fourth-order valence-corrected chi connectivity index (χ4v) is 3.52. The summed E-state index contributed by atoms with van der Waals surface area (Å²) in [5.74, 6) is 1.62. The Hall–Kier alpha value is -1.19. The number of hydrogen-bond acceptors (Lipinski definition) is 2. The summed E-state index contributed by atoms with van der Waals surface area (Å²) in [4.78, 5) is 0. The van der Waals surface area contributed by atoms with Crippen LogP contribution in [0.3, 0.4) is 0 Å². The first-order chi connectivity index (χ1) is 8.70. The van der Waals surface area contributed by atoms with E-state index in [2.05, 4.69) is 24.3 Å². The van der Waals surface area contributed by atoms with Gasteiger partial charge in [-0.05, 0) is 28.8 Å². The molecule has 0 amide bonds. The van der Waals surface area contributed by atoms with Crippen LogP contribution in [0.4, 0.5) is 0 Å². The van der Waals surface area contributed by atoms with Gasteiger partial charge in [0.2, 0.25) is 0 Å². The molecule has 0 heterocycles. The third-order valence-corrected chi connectivity index (χ3v) is 4.64. The Labute approximate surface area is 111 Å². The SMILES string of the molecule is CC(CN)CS(=O)Cc1cccc2ccccc12. The fourth-order valence-electron chi connectivity index (χ4n) is 2.04. The smallest absolute Gasteiger partial charge is 0.0491 e. The van der Waals surface area contributed by atoms with Crippen LogP contribution in [0.1, 0.15) is 12.5 Å². The van der Waals surface area contributed by atoms with Crippen LogP contribution in [-0.4, -0.2) is 16.5 Å². The predicted molar refractivity (Wildman–Crippen MR) is 78.9 cm³/mol. The molecule has 0 fully saturated rings. The quantitative estimate of drug-likeness (QED) is 0.899. The Morgan fingerprint density at radius 1 is 1.17 bits per heavy atom. The lowest BCUT2D eigenvalue weighted by Crippen LogP contribution is -2.18. The Balaban J connectivity index is 2.19. The van der Waals surface area contributed by atoms with Crippen molar-refractivity contribution in [1.82, 2.24) is 0 Å². The Morgan fingerprint density at radius 3 is 2.67 bits per heavy atom. The van der Waals surface area contributed by atoms with E-state index in [-0.39, 0.29) is 0 Å². The lowest BCUT2D eigenvalue weighted by atomic mass is 10.1. The molecule has 0 aromatic heterocycles. The van der Waals surface area contributed by atoms with E-state index in [1.54, 1.807) is 0 Å². The van der Waals surface area contributed by atoms with Crippen molar-refractivity contribution in [1.29, 1.82) is 0 Å². The fraction of sp³-hybridized carbons (Fsp3) is 0.333. The molecule has 2 aromatic carbocycles. The number of nitrogens with two attached hydrogens (primary N) is 1. The zero-order chi connectivity index (χ0) is 13.0. The van der Waals surface area contributed by atoms with E-state index < -0.39 is 10.8 Å². The number of rotatable bonds is 5. The summed E-state index contributed by atoms with van der Waals surface area (Å²) >= 11 is 0. The van der Waals surface area contributed by atoms with Crippen molar-refractivity contribution >= 4 is 21.6 Å². The standard InChI is InChI=1S/C15H19NOS/c1-12(9-16)10-18(17)11-14-7-4-6-13-5-2-3-8-15(13)14/h2-8,12H,9-11,16H2,1H3. The maximum atomic E-state index is 12.1. The van der Waals surface area contributed by atoms with Crippen molar-refractivity contribution in [3.63, 3.8) is 0 Å². The van der Waals surface area contributed by atoms with E-state index in [4.69, 9.17) is 5.73 Å². The summed E-state index contributed by atoms with van der Waals surface area (Å²) < 4.78 is 12.1. The first kappa shape index (κ1) is 13.2. The zero-order valence-corrected chi connectivity index (χ0v) is 11.5. The Kier molecular flexibility index (Phi) is 4.50. The van der Waals surface area contributed by atoms with E-state index in [0.717, 1.165) is 5.56 Å². The molecule has 2 aromatic rings. The van der Waals surface area contributed by atoms with Crippen molar-refractivity contribution < 1.29 is 4.21 Å². The molecule has 0 aliphatic heterocycles. The van der Waals surface area contributed by atoms with Gasteiger partial charge in [0.15, 0.2) is 0 Å². The van der Waals surface area contributed by atoms with Gasteiger partial charge in [0.05, 0.1) is 0 Å². The molecule has 2 rings (SSSR count). The van der Waals surface area contributed by atoms with Crippen molar-refractivity contribution in [2.75, 3.05) is 12.3 Å². The van der Waals surface area contributed by atoms with Crippen molar-refractivity contribution in [3.05, 3.63) is 48.0 Å². The van der Waals surface area contributed by atoms with Gasteiger partial charge in [-0.15, -0.1) is 0 Å². The van der Waals surface area contributed by atoms with E-state index >= 15 is 0 Å². The minimum atomic E-state index is -0.837.